The van der Waals surface area contributed by atoms with Gasteiger partial charge < -0.3 is 9.30 Å². The Morgan fingerprint density at radius 3 is 2.57 bits per heavy atom. The van der Waals surface area contributed by atoms with Gasteiger partial charge in [0.1, 0.15) is 11.9 Å². The fourth-order valence-electron chi connectivity index (χ4n) is 4.39. The van der Waals surface area contributed by atoms with Crippen LogP contribution >= 0.6 is 0 Å². The monoisotopic (exact) mass is 424 g/mol. The van der Waals surface area contributed by atoms with Crippen LogP contribution < -0.4 is 15.0 Å². The van der Waals surface area contributed by atoms with E-state index in [0.29, 0.717) is 11.1 Å². The molecule has 2 aromatic carbocycles. The molecule has 1 aliphatic heterocycles. The molecule has 1 fully saturated rings. The topological polar surface area (TPSA) is 77.4 Å². The van der Waals surface area contributed by atoms with E-state index in [1.807, 2.05) is 42.6 Å². The smallest absolute Gasteiger partial charge is 0.258 e. The lowest BCUT2D eigenvalue weighted by molar-refractivity contribution is 0.214. The third-order valence-electron chi connectivity index (χ3n) is 5.88. The molecule has 1 unspecified atom stereocenters. The molecule has 1 saturated carbocycles. The number of fused-ring (bicyclic) bond motifs is 2. The highest BCUT2D eigenvalue weighted by atomic mass is 32.2. The van der Waals surface area contributed by atoms with E-state index in [9.17, 15) is 13.2 Å². The van der Waals surface area contributed by atoms with Crippen molar-refractivity contribution in [3.63, 3.8) is 0 Å². The maximum absolute atomic E-state index is 12.6. The summed E-state index contributed by atoms with van der Waals surface area (Å²) in [7, 11) is -1.69. The van der Waals surface area contributed by atoms with Gasteiger partial charge in [-0.2, -0.15) is 0 Å². The Labute approximate surface area is 175 Å². The molecule has 2 heterocycles. The van der Waals surface area contributed by atoms with Crippen LogP contribution in [0.25, 0.3) is 21.9 Å². The Balaban J connectivity index is 1.71. The standard InChI is InChI=1S/C23H24N2O4S/c1-25-13-21(18-5-3-4-6-19(18)23(25)26)20-12-16(24-30(2,27)28)10-15-11-17(29-22(15)20)9-14-7-8-14/h3-6,10,12-14,17,24H,7-9,11H2,1-2H3. The lowest BCUT2D eigenvalue weighted by Gasteiger charge is -2.16. The Hall–Kier alpha value is -2.80. The zero-order chi connectivity index (χ0) is 21.0. The van der Waals surface area contributed by atoms with Crippen molar-refractivity contribution in [2.75, 3.05) is 11.0 Å². The largest absolute Gasteiger partial charge is 0.489 e. The first-order valence-electron chi connectivity index (χ1n) is 10.2. The highest BCUT2D eigenvalue weighted by Crippen LogP contribution is 2.45. The normalized spacial score (nSPS) is 18.3. The van der Waals surface area contributed by atoms with Crippen LogP contribution in [-0.2, 0) is 23.5 Å². The predicted octanol–water partition coefficient (Wildman–Crippen LogP) is 3.68. The number of benzene rings is 2. The zero-order valence-electron chi connectivity index (χ0n) is 17.0. The van der Waals surface area contributed by atoms with E-state index in [0.717, 1.165) is 52.8 Å². The Morgan fingerprint density at radius 2 is 1.87 bits per heavy atom. The molecule has 0 amide bonds. The van der Waals surface area contributed by atoms with Crippen molar-refractivity contribution in [3.8, 4) is 16.9 Å². The van der Waals surface area contributed by atoms with Gasteiger partial charge in [-0.15, -0.1) is 0 Å². The van der Waals surface area contributed by atoms with Crippen LogP contribution in [0.5, 0.6) is 5.75 Å². The minimum Gasteiger partial charge on any atom is -0.489 e. The third-order valence-corrected chi connectivity index (χ3v) is 6.48. The van der Waals surface area contributed by atoms with E-state index in [-0.39, 0.29) is 11.7 Å². The van der Waals surface area contributed by atoms with Crippen molar-refractivity contribution >= 4 is 26.5 Å². The van der Waals surface area contributed by atoms with Gasteiger partial charge in [-0.3, -0.25) is 9.52 Å². The lowest BCUT2D eigenvalue weighted by Crippen LogP contribution is -2.16. The molecule has 5 rings (SSSR count). The average molecular weight is 425 g/mol. The SMILES string of the molecule is Cn1cc(-c2cc(NS(C)(=O)=O)cc3c2OC(CC2CC2)C3)c2ccccc2c1=O. The van der Waals surface area contributed by atoms with Crippen LogP contribution in [0.15, 0.2) is 47.4 Å². The summed E-state index contributed by atoms with van der Waals surface area (Å²) in [6.07, 6.45) is 7.37. The molecule has 1 atom stereocenters. The summed E-state index contributed by atoms with van der Waals surface area (Å²) < 4.78 is 34.3. The van der Waals surface area contributed by atoms with Crippen molar-refractivity contribution in [2.24, 2.45) is 13.0 Å². The van der Waals surface area contributed by atoms with E-state index in [2.05, 4.69) is 4.72 Å². The summed E-state index contributed by atoms with van der Waals surface area (Å²) in [5.74, 6) is 1.53. The number of aromatic nitrogens is 1. The molecule has 1 aromatic heterocycles. The minimum absolute atomic E-state index is 0.0658. The minimum atomic E-state index is -3.42. The fraction of sp³-hybridized carbons (Fsp3) is 0.348. The van der Waals surface area contributed by atoms with E-state index < -0.39 is 10.0 Å². The van der Waals surface area contributed by atoms with Crippen molar-refractivity contribution in [2.45, 2.75) is 31.8 Å². The molecule has 1 N–H and O–H groups in total. The van der Waals surface area contributed by atoms with Crippen molar-refractivity contribution in [3.05, 3.63) is 58.5 Å². The number of nitrogens with one attached hydrogen (secondary N) is 1. The number of rotatable bonds is 5. The molecular formula is C23H24N2O4S. The van der Waals surface area contributed by atoms with Gasteiger partial charge in [-0.1, -0.05) is 31.0 Å². The Morgan fingerprint density at radius 1 is 1.13 bits per heavy atom. The van der Waals surface area contributed by atoms with Crippen LogP contribution in [0.3, 0.4) is 0 Å². The summed E-state index contributed by atoms with van der Waals surface area (Å²) in [6.45, 7) is 0. The molecule has 0 spiro atoms. The maximum atomic E-state index is 12.6. The van der Waals surface area contributed by atoms with Crippen molar-refractivity contribution < 1.29 is 13.2 Å². The summed E-state index contributed by atoms with van der Waals surface area (Å²) in [6, 6.07) is 11.2. The first-order chi connectivity index (χ1) is 14.3. The number of sulfonamides is 1. The number of pyridine rings is 1. The molecule has 0 saturated heterocycles. The van der Waals surface area contributed by atoms with Crippen LogP contribution in [-0.4, -0.2) is 25.3 Å². The number of aryl methyl sites for hydroxylation is 1. The predicted molar refractivity (Wildman–Crippen MR) is 119 cm³/mol. The number of ether oxygens (including phenoxy) is 1. The van der Waals surface area contributed by atoms with E-state index in [4.69, 9.17) is 4.74 Å². The molecule has 2 aliphatic rings. The highest BCUT2D eigenvalue weighted by Gasteiger charge is 2.33. The third kappa shape index (κ3) is 3.58. The quantitative estimate of drug-likeness (QED) is 0.678. The second-order valence-electron chi connectivity index (χ2n) is 8.51. The molecule has 7 heteroatoms. The Bertz CT molecular complexity index is 1320. The van der Waals surface area contributed by atoms with Crippen LogP contribution in [0.1, 0.15) is 24.8 Å². The summed E-state index contributed by atoms with van der Waals surface area (Å²) in [4.78, 5) is 12.6. The molecule has 6 nitrogen and oxygen atoms in total. The highest BCUT2D eigenvalue weighted by molar-refractivity contribution is 7.92. The van der Waals surface area contributed by atoms with Gasteiger partial charge in [0.15, 0.2) is 0 Å². The number of hydrogen-bond donors (Lipinski definition) is 1. The van der Waals surface area contributed by atoms with Crippen LogP contribution in [0, 0.1) is 5.92 Å². The summed E-state index contributed by atoms with van der Waals surface area (Å²) >= 11 is 0. The summed E-state index contributed by atoms with van der Waals surface area (Å²) in [5.41, 5.74) is 3.11. The van der Waals surface area contributed by atoms with E-state index in [1.165, 1.54) is 12.8 Å². The van der Waals surface area contributed by atoms with Gasteiger partial charge in [-0.05, 0) is 35.9 Å². The van der Waals surface area contributed by atoms with Gasteiger partial charge in [-0.25, -0.2) is 8.42 Å². The summed E-state index contributed by atoms with van der Waals surface area (Å²) in [5, 5.41) is 1.45. The van der Waals surface area contributed by atoms with E-state index >= 15 is 0 Å². The fourth-order valence-corrected chi connectivity index (χ4v) is 4.94. The van der Waals surface area contributed by atoms with Crippen molar-refractivity contribution in [1.82, 2.24) is 4.57 Å². The van der Waals surface area contributed by atoms with Gasteiger partial charge in [0.2, 0.25) is 10.0 Å². The molecule has 1 aliphatic carbocycles. The van der Waals surface area contributed by atoms with Gasteiger partial charge >= 0.3 is 0 Å². The zero-order valence-corrected chi connectivity index (χ0v) is 17.8. The first-order valence-corrected chi connectivity index (χ1v) is 12.1. The van der Waals surface area contributed by atoms with Crippen molar-refractivity contribution in [1.29, 1.82) is 0 Å². The van der Waals surface area contributed by atoms with Gasteiger partial charge in [0.05, 0.1) is 6.26 Å². The first kappa shape index (κ1) is 19.2. The molecule has 3 aromatic rings. The van der Waals surface area contributed by atoms with Crippen LogP contribution in [0.2, 0.25) is 0 Å². The Kier molecular flexibility index (Phi) is 4.39. The number of hydrogen-bond acceptors (Lipinski definition) is 4. The second-order valence-corrected chi connectivity index (χ2v) is 10.3. The maximum Gasteiger partial charge on any atom is 0.258 e. The second kappa shape index (κ2) is 6.87. The number of nitrogens with zero attached hydrogens (tertiary/aromatic N) is 1. The molecular weight excluding hydrogens is 400 g/mol. The lowest BCUT2D eigenvalue weighted by atomic mass is 9.96. The van der Waals surface area contributed by atoms with E-state index in [1.54, 1.807) is 11.6 Å². The van der Waals surface area contributed by atoms with Crippen LogP contribution in [0.4, 0.5) is 5.69 Å². The number of anilines is 1. The van der Waals surface area contributed by atoms with Gasteiger partial charge in [0.25, 0.3) is 5.56 Å². The van der Waals surface area contributed by atoms with Gasteiger partial charge in [0, 0.05) is 47.4 Å². The molecule has 30 heavy (non-hydrogen) atoms. The molecule has 156 valence electrons. The molecule has 0 bridgehead atoms. The molecule has 0 radical (unpaired) electrons. The average Bonchev–Trinajstić information content (AvgIpc) is 3.40.